The van der Waals surface area contributed by atoms with Crippen LogP contribution in [0.4, 0.5) is 22.7 Å². The van der Waals surface area contributed by atoms with Crippen molar-refractivity contribution < 1.29 is 8.42 Å². The summed E-state index contributed by atoms with van der Waals surface area (Å²) in [5.41, 5.74) is 8.29. The summed E-state index contributed by atoms with van der Waals surface area (Å²) in [5.74, 6) is 0. The molecule has 0 saturated heterocycles. The van der Waals surface area contributed by atoms with Crippen molar-refractivity contribution in [2.75, 3.05) is 30.0 Å². The maximum absolute atomic E-state index is 11.5. The highest BCUT2D eigenvalue weighted by Gasteiger charge is 2.15. The number of nitrogens with two attached hydrogens (primary N) is 2. The molecule has 6 nitrogen and oxygen atoms in total. The van der Waals surface area contributed by atoms with Crippen LogP contribution in [0, 0.1) is 0 Å². The molecular weight excluding hydrogens is 288 g/mol. The van der Waals surface area contributed by atoms with Crippen LogP contribution < -0.4 is 21.1 Å². The summed E-state index contributed by atoms with van der Waals surface area (Å²) in [4.78, 5) is 1.86. The van der Waals surface area contributed by atoms with E-state index in [9.17, 15) is 8.42 Å². The lowest BCUT2D eigenvalue weighted by atomic mass is 10.2. The summed E-state index contributed by atoms with van der Waals surface area (Å²) in [5, 5.41) is 8.30. The van der Waals surface area contributed by atoms with Crippen LogP contribution in [0.1, 0.15) is 0 Å². The van der Waals surface area contributed by atoms with Crippen LogP contribution in [-0.4, -0.2) is 22.5 Å². The van der Waals surface area contributed by atoms with Gasteiger partial charge in [-0.3, -0.25) is 0 Å². The zero-order chi connectivity index (χ0) is 15.6. The Hall–Kier alpha value is -2.25. The number of nitrogen functional groups attached to an aromatic ring is 1. The van der Waals surface area contributed by atoms with Crippen molar-refractivity contribution in [2.45, 2.75) is 4.90 Å². The Morgan fingerprint density at radius 1 is 1.00 bits per heavy atom. The monoisotopic (exact) mass is 306 g/mol. The van der Waals surface area contributed by atoms with E-state index < -0.39 is 10.0 Å². The summed E-state index contributed by atoms with van der Waals surface area (Å²) < 4.78 is 23.0. The number of sulfonamides is 1. The fraction of sp³-hybridized carbons (Fsp3) is 0.143. The van der Waals surface area contributed by atoms with E-state index in [1.54, 1.807) is 12.1 Å². The maximum atomic E-state index is 11.5. The molecule has 0 aliphatic heterocycles. The van der Waals surface area contributed by atoms with Gasteiger partial charge in [0.05, 0.1) is 22.7 Å². The van der Waals surface area contributed by atoms with Crippen LogP contribution in [0.15, 0.2) is 47.4 Å². The number of hydrogen-bond donors (Lipinski definition) is 3. The van der Waals surface area contributed by atoms with E-state index >= 15 is 0 Å². The van der Waals surface area contributed by atoms with E-state index in [-0.39, 0.29) is 10.6 Å². The van der Waals surface area contributed by atoms with Crippen LogP contribution in [0.25, 0.3) is 0 Å². The average molecular weight is 306 g/mol. The van der Waals surface area contributed by atoms with Crippen molar-refractivity contribution in [1.29, 1.82) is 0 Å². The Balaban J connectivity index is 2.47. The molecule has 2 aromatic rings. The molecule has 0 fully saturated rings. The first-order chi connectivity index (χ1) is 9.80. The summed E-state index contributed by atoms with van der Waals surface area (Å²) in [6, 6.07) is 12.3. The second kappa shape index (κ2) is 5.63. The maximum Gasteiger partial charge on any atom is 0.240 e. The molecule has 0 aromatic heterocycles. The van der Waals surface area contributed by atoms with Crippen molar-refractivity contribution in [3.8, 4) is 0 Å². The molecule has 5 N–H and O–H groups in total. The first-order valence-electron chi connectivity index (χ1n) is 6.25. The van der Waals surface area contributed by atoms with Gasteiger partial charge in [-0.2, -0.15) is 0 Å². The first-order valence-corrected chi connectivity index (χ1v) is 7.80. The van der Waals surface area contributed by atoms with Crippen molar-refractivity contribution >= 4 is 32.8 Å². The Morgan fingerprint density at radius 3 is 2.24 bits per heavy atom. The van der Waals surface area contributed by atoms with Crippen LogP contribution in [-0.2, 0) is 10.0 Å². The van der Waals surface area contributed by atoms with E-state index in [1.165, 1.54) is 6.07 Å². The van der Waals surface area contributed by atoms with Gasteiger partial charge in [-0.05, 0) is 24.3 Å². The lowest BCUT2D eigenvalue weighted by Crippen LogP contribution is -2.15. The highest BCUT2D eigenvalue weighted by Crippen LogP contribution is 2.32. The molecule has 2 rings (SSSR count). The SMILES string of the molecule is CN(C)c1ccccc1Nc1cccc(S(N)(=O)=O)c1N. The Morgan fingerprint density at radius 2 is 1.62 bits per heavy atom. The molecule has 7 heteroatoms. The summed E-state index contributed by atoms with van der Waals surface area (Å²) in [6.07, 6.45) is 0. The van der Waals surface area contributed by atoms with E-state index in [4.69, 9.17) is 10.9 Å². The molecule has 0 radical (unpaired) electrons. The lowest BCUT2D eigenvalue weighted by molar-refractivity contribution is 0.598. The zero-order valence-corrected chi connectivity index (χ0v) is 12.7. The van der Waals surface area contributed by atoms with E-state index in [0.29, 0.717) is 5.69 Å². The van der Waals surface area contributed by atoms with Gasteiger partial charge in [0.1, 0.15) is 4.90 Å². The minimum absolute atomic E-state index is 0.0881. The molecule has 112 valence electrons. The molecule has 0 spiro atoms. The second-order valence-electron chi connectivity index (χ2n) is 4.80. The highest BCUT2D eigenvalue weighted by atomic mass is 32.2. The Kier molecular flexibility index (Phi) is 4.06. The third kappa shape index (κ3) is 3.26. The van der Waals surface area contributed by atoms with Gasteiger partial charge >= 0.3 is 0 Å². The molecule has 0 atom stereocenters. The number of nitrogens with zero attached hydrogens (tertiary/aromatic N) is 1. The molecule has 0 unspecified atom stereocenters. The van der Waals surface area contributed by atoms with Gasteiger partial charge in [0.15, 0.2) is 0 Å². The normalized spacial score (nSPS) is 11.2. The third-order valence-corrected chi connectivity index (χ3v) is 4.00. The fourth-order valence-electron chi connectivity index (χ4n) is 2.02. The first kappa shape index (κ1) is 15.1. The number of benzene rings is 2. The van der Waals surface area contributed by atoms with Gasteiger partial charge in [-0.25, -0.2) is 13.6 Å². The van der Waals surface area contributed by atoms with Crippen molar-refractivity contribution in [1.82, 2.24) is 0 Å². The molecular formula is C14H18N4O2S. The Labute approximate surface area is 124 Å². The minimum Gasteiger partial charge on any atom is -0.396 e. The van der Waals surface area contributed by atoms with Gasteiger partial charge in [-0.15, -0.1) is 0 Å². The molecule has 21 heavy (non-hydrogen) atoms. The number of nitrogens with one attached hydrogen (secondary N) is 1. The molecule has 0 amide bonds. The Bertz CT molecular complexity index is 757. The largest absolute Gasteiger partial charge is 0.396 e. The summed E-state index contributed by atoms with van der Waals surface area (Å²) in [6.45, 7) is 0. The quantitative estimate of drug-likeness (QED) is 0.747. The lowest BCUT2D eigenvalue weighted by Gasteiger charge is -2.19. The smallest absolute Gasteiger partial charge is 0.240 e. The number of para-hydroxylation sites is 3. The van der Waals surface area contributed by atoms with Gasteiger partial charge in [0.25, 0.3) is 0 Å². The number of primary sulfonamides is 1. The van der Waals surface area contributed by atoms with Crippen molar-refractivity contribution in [3.05, 3.63) is 42.5 Å². The van der Waals surface area contributed by atoms with E-state index in [0.717, 1.165) is 11.4 Å². The predicted octanol–water partition coefficient (Wildman–Crippen LogP) is 1.73. The van der Waals surface area contributed by atoms with Gasteiger partial charge in [-0.1, -0.05) is 18.2 Å². The van der Waals surface area contributed by atoms with Crippen LogP contribution in [0.3, 0.4) is 0 Å². The molecule has 0 heterocycles. The summed E-state index contributed by atoms with van der Waals surface area (Å²) >= 11 is 0. The van der Waals surface area contributed by atoms with Crippen LogP contribution in [0.5, 0.6) is 0 Å². The van der Waals surface area contributed by atoms with Gasteiger partial charge < -0.3 is 16.0 Å². The van der Waals surface area contributed by atoms with Crippen molar-refractivity contribution in [3.63, 3.8) is 0 Å². The molecule has 0 saturated carbocycles. The van der Waals surface area contributed by atoms with Gasteiger partial charge in [0, 0.05) is 14.1 Å². The minimum atomic E-state index is -3.85. The molecule has 0 aliphatic carbocycles. The predicted molar refractivity (Wildman–Crippen MR) is 86.3 cm³/mol. The fourth-order valence-corrected chi connectivity index (χ4v) is 2.70. The van der Waals surface area contributed by atoms with Crippen LogP contribution in [0.2, 0.25) is 0 Å². The zero-order valence-electron chi connectivity index (χ0n) is 11.9. The standard InChI is InChI=1S/C14H18N4O2S/c1-18(2)12-8-4-3-6-10(12)17-11-7-5-9-13(14(11)15)21(16,19)20/h3-9,17H,15H2,1-2H3,(H2,16,19,20). The summed E-state index contributed by atoms with van der Waals surface area (Å²) in [7, 11) is -0.00762. The van der Waals surface area contributed by atoms with Crippen molar-refractivity contribution in [2.24, 2.45) is 5.14 Å². The molecule has 0 bridgehead atoms. The number of rotatable bonds is 4. The highest BCUT2D eigenvalue weighted by molar-refractivity contribution is 7.89. The van der Waals surface area contributed by atoms with E-state index in [2.05, 4.69) is 5.32 Å². The third-order valence-electron chi connectivity index (χ3n) is 3.03. The number of hydrogen-bond acceptors (Lipinski definition) is 5. The second-order valence-corrected chi connectivity index (χ2v) is 6.33. The van der Waals surface area contributed by atoms with Crippen LogP contribution >= 0.6 is 0 Å². The topological polar surface area (TPSA) is 101 Å². The molecule has 0 aliphatic rings. The van der Waals surface area contributed by atoms with Gasteiger partial charge in [0.2, 0.25) is 10.0 Å². The molecule has 2 aromatic carbocycles. The average Bonchev–Trinajstić information content (AvgIpc) is 2.40. The number of anilines is 4. The van der Waals surface area contributed by atoms with E-state index in [1.807, 2.05) is 43.3 Å².